The molecule has 2 rings (SSSR count). The molecule has 0 atom stereocenters. The van der Waals surface area contributed by atoms with Crippen LogP contribution in [-0.4, -0.2) is 12.9 Å². The van der Waals surface area contributed by atoms with Crippen molar-refractivity contribution in [2.45, 2.75) is 0 Å². The highest BCUT2D eigenvalue weighted by Gasteiger charge is 2.16. The number of carbonyl (C=O) groups excluding carboxylic acids is 1. The van der Waals surface area contributed by atoms with E-state index in [-0.39, 0.29) is 10.8 Å². The molecule has 0 radical (unpaired) electrons. The summed E-state index contributed by atoms with van der Waals surface area (Å²) in [5, 5.41) is 1.02. The molecular formula is C14H9Cl3O2. The first-order chi connectivity index (χ1) is 9.04. The lowest BCUT2D eigenvalue weighted by molar-refractivity contribution is 0.103. The summed E-state index contributed by atoms with van der Waals surface area (Å²) in [6, 6.07) is 9.72. The van der Waals surface area contributed by atoms with E-state index in [1.807, 2.05) is 0 Å². The number of rotatable bonds is 3. The fraction of sp³-hybridized carbons (Fsp3) is 0.0714. The quantitative estimate of drug-likeness (QED) is 0.754. The Morgan fingerprint density at radius 1 is 1.05 bits per heavy atom. The van der Waals surface area contributed by atoms with Crippen molar-refractivity contribution in [1.29, 1.82) is 0 Å². The van der Waals surface area contributed by atoms with E-state index in [4.69, 9.17) is 39.5 Å². The highest BCUT2D eigenvalue weighted by Crippen LogP contribution is 2.30. The summed E-state index contributed by atoms with van der Waals surface area (Å²) in [6.07, 6.45) is 0. The van der Waals surface area contributed by atoms with Gasteiger partial charge in [-0.1, -0.05) is 40.9 Å². The van der Waals surface area contributed by atoms with Gasteiger partial charge in [0.25, 0.3) is 0 Å². The van der Waals surface area contributed by atoms with Crippen molar-refractivity contribution in [2.24, 2.45) is 0 Å². The van der Waals surface area contributed by atoms with Crippen molar-refractivity contribution in [3.63, 3.8) is 0 Å². The molecular weight excluding hydrogens is 307 g/mol. The zero-order valence-electron chi connectivity index (χ0n) is 9.91. The molecule has 0 saturated heterocycles. The van der Waals surface area contributed by atoms with Crippen LogP contribution in [0.1, 0.15) is 15.9 Å². The molecule has 2 aromatic rings. The maximum absolute atomic E-state index is 12.4. The number of ether oxygens (including phenoxy) is 1. The van der Waals surface area contributed by atoms with Gasteiger partial charge < -0.3 is 4.74 Å². The summed E-state index contributed by atoms with van der Waals surface area (Å²) in [4.78, 5) is 12.4. The van der Waals surface area contributed by atoms with E-state index in [9.17, 15) is 4.79 Å². The van der Waals surface area contributed by atoms with Crippen molar-refractivity contribution in [3.8, 4) is 5.75 Å². The first kappa shape index (κ1) is 14.2. The Morgan fingerprint density at radius 3 is 2.47 bits per heavy atom. The molecule has 0 amide bonds. The Morgan fingerprint density at radius 2 is 1.79 bits per heavy atom. The standard InChI is InChI=1S/C14H9Cl3O2/c1-19-12-7-8(5-6-10(12)15)14(18)9-3-2-4-11(16)13(9)17/h2-7H,1H3. The van der Waals surface area contributed by atoms with Crippen molar-refractivity contribution in [1.82, 2.24) is 0 Å². The summed E-state index contributed by atoms with van der Waals surface area (Å²) in [7, 11) is 1.49. The summed E-state index contributed by atoms with van der Waals surface area (Å²) in [6.45, 7) is 0. The molecule has 19 heavy (non-hydrogen) atoms. The minimum atomic E-state index is -0.234. The molecule has 0 aliphatic heterocycles. The third-order valence-electron chi connectivity index (χ3n) is 2.61. The highest BCUT2D eigenvalue weighted by atomic mass is 35.5. The van der Waals surface area contributed by atoms with Gasteiger partial charge in [0.05, 0.1) is 22.2 Å². The fourth-order valence-electron chi connectivity index (χ4n) is 1.64. The molecule has 5 heteroatoms. The average Bonchev–Trinajstić information content (AvgIpc) is 2.41. The number of halogens is 3. The lowest BCUT2D eigenvalue weighted by atomic mass is 10.0. The maximum Gasteiger partial charge on any atom is 0.194 e. The van der Waals surface area contributed by atoms with Crippen LogP contribution in [0.4, 0.5) is 0 Å². The Bertz CT molecular complexity index is 639. The van der Waals surface area contributed by atoms with E-state index >= 15 is 0 Å². The van der Waals surface area contributed by atoms with Crippen molar-refractivity contribution in [2.75, 3.05) is 7.11 Å². The molecule has 0 saturated carbocycles. The number of ketones is 1. The van der Waals surface area contributed by atoms with Gasteiger partial charge in [-0.2, -0.15) is 0 Å². The molecule has 0 aliphatic carbocycles. The summed E-state index contributed by atoms with van der Waals surface area (Å²) < 4.78 is 5.08. The normalized spacial score (nSPS) is 10.3. The van der Waals surface area contributed by atoms with Crippen molar-refractivity contribution in [3.05, 3.63) is 62.6 Å². The summed E-state index contributed by atoms with van der Waals surface area (Å²) >= 11 is 17.9. The van der Waals surface area contributed by atoms with E-state index in [0.29, 0.717) is 26.9 Å². The third-order valence-corrected chi connectivity index (χ3v) is 3.74. The predicted molar refractivity (Wildman–Crippen MR) is 77.9 cm³/mol. The van der Waals surface area contributed by atoms with Gasteiger partial charge in [-0.05, 0) is 30.3 Å². The molecule has 0 spiro atoms. The van der Waals surface area contributed by atoms with Gasteiger partial charge in [0, 0.05) is 11.1 Å². The predicted octanol–water partition coefficient (Wildman–Crippen LogP) is 4.89. The zero-order valence-corrected chi connectivity index (χ0v) is 12.2. The molecule has 98 valence electrons. The van der Waals surface area contributed by atoms with E-state index < -0.39 is 0 Å². The van der Waals surface area contributed by atoms with Gasteiger partial charge in [0.15, 0.2) is 5.78 Å². The van der Waals surface area contributed by atoms with Crippen LogP contribution in [0.5, 0.6) is 5.75 Å². The van der Waals surface area contributed by atoms with Gasteiger partial charge in [0.2, 0.25) is 0 Å². The number of benzene rings is 2. The smallest absolute Gasteiger partial charge is 0.194 e. The first-order valence-electron chi connectivity index (χ1n) is 5.37. The molecule has 0 aliphatic rings. The molecule has 0 unspecified atom stereocenters. The lowest BCUT2D eigenvalue weighted by Crippen LogP contribution is -2.03. The van der Waals surface area contributed by atoms with Crippen LogP contribution in [0.25, 0.3) is 0 Å². The summed E-state index contributed by atoms with van der Waals surface area (Å²) in [5.74, 6) is 0.202. The van der Waals surface area contributed by atoms with E-state index in [1.54, 1.807) is 36.4 Å². The Balaban J connectivity index is 2.47. The van der Waals surface area contributed by atoms with Gasteiger partial charge in [-0.15, -0.1) is 0 Å². The van der Waals surface area contributed by atoms with E-state index in [0.717, 1.165) is 0 Å². The molecule has 0 heterocycles. The number of hydrogen-bond acceptors (Lipinski definition) is 2. The largest absolute Gasteiger partial charge is 0.495 e. The third kappa shape index (κ3) is 2.86. The van der Waals surface area contributed by atoms with Crippen LogP contribution < -0.4 is 4.74 Å². The topological polar surface area (TPSA) is 26.3 Å². The Hall–Kier alpha value is -1.22. The second kappa shape index (κ2) is 5.83. The SMILES string of the molecule is COc1cc(C(=O)c2cccc(Cl)c2Cl)ccc1Cl. The van der Waals surface area contributed by atoms with Gasteiger partial charge in [-0.3, -0.25) is 4.79 Å². The number of methoxy groups -OCH3 is 1. The zero-order chi connectivity index (χ0) is 14.0. The monoisotopic (exact) mass is 314 g/mol. The molecule has 2 aromatic carbocycles. The second-order valence-electron chi connectivity index (χ2n) is 3.78. The molecule has 0 N–H and O–H groups in total. The Labute approximate surface area is 125 Å². The van der Waals surface area contributed by atoms with Gasteiger partial charge >= 0.3 is 0 Å². The van der Waals surface area contributed by atoms with Crippen molar-refractivity contribution < 1.29 is 9.53 Å². The van der Waals surface area contributed by atoms with Crippen LogP contribution >= 0.6 is 34.8 Å². The van der Waals surface area contributed by atoms with E-state index in [1.165, 1.54) is 7.11 Å². The number of hydrogen-bond donors (Lipinski definition) is 0. The van der Waals surface area contributed by atoms with Crippen molar-refractivity contribution >= 4 is 40.6 Å². The van der Waals surface area contributed by atoms with Crippen LogP contribution in [0, 0.1) is 0 Å². The van der Waals surface area contributed by atoms with Crippen LogP contribution in [0.3, 0.4) is 0 Å². The number of carbonyl (C=O) groups is 1. The lowest BCUT2D eigenvalue weighted by Gasteiger charge is -2.08. The van der Waals surface area contributed by atoms with Gasteiger partial charge in [0.1, 0.15) is 5.75 Å². The maximum atomic E-state index is 12.4. The second-order valence-corrected chi connectivity index (χ2v) is 4.97. The molecule has 0 aromatic heterocycles. The fourth-order valence-corrected chi connectivity index (χ4v) is 2.22. The first-order valence-corrected chi connectivity index (χ1v) is 6.50. The van der Waals surface area contributed by atoms with Crippen LogP contribution in [0.2, 0.25) is 15.1 Å². The Kier molecular flexibility index (Phi) is 4.35. The van der Waals surface area contributed by atoms with Crippen LogP contribution in [-0.2, 0) is 0 Å². The minimum absolute atomic E-state index is 0.234. The summed E-state index contributed by atoms with van der Waals surface area (Å²) in [5.41, 5.74) is 0.781. The van der Waals surface area contributed by atoms with E-state index in [2.05, 4.69) is 0 Å². The van der Waals surface area contributed by atoms with Crippen LogP contribution in [0.15, 0.2) is 36.4 Å². The highest BCUT2D eigenvalue weighted by molar-refractivity contribution is 6.44. The minimum Gasteiger partial charge on any atom is -0.495 e. The molecule has 0 fully saturated rings. The van der Waals surface area contributed by atoms with Gasteiger partial charge in [-0.25, -0.2) is 0 Å². The molecule has 2 nitrogen and oxygen atoms in total. The average molecular weight is 316 g/mol. The molecule has 0 bridgehead atoms.